The monoisotopic (exact) mass is 291 g/mol. The van der Waals surface area contributed by atoms with Crippen LogP contribution in [0.4, 0.5) is 0 Å². The van der Waals surface area contributed by atoms with Gasteiger partial charge in [-0.2, -0.15) is 0 Å². The fraction of sp³-hybridized carbons (Fsp3) is 0.0588. The van der Waals surface area contributed by atoms with Gasteiger partial charge in [0.15, 0.2) is 4.77 Å². The van der Waals surface area contributed by atoms with Crippen molar-refractivity contribution in [2.24, 2.45) is 0 Å². The number of pyridine rings is 1. The molecular formula is C17H13N3S. The molecule has 3 nitrogen and oxygen atoms in total. The first-order valence-electron chi connectivity index (χ1n) is 6.82. The van der Waals surface area contributed by atoms with Crippen molar-refractivity contribution in [2.75, 3.05) is 0 Å². The molecular weight excluding hydrogens is 278 g/mol. The van der Waals surface area contributed by atoms with Gasteiger partial charge in [0.2, 0.25) is 0 Å². The number of hydrogen-bond acceptors (Lipinski definition) is 2. The molecule has 2 aromatic carbocycles. The lowest BCUT2D eigenvalue weighted by atomic mass is 10.0. The van der Waals surface area contributed by atoms with Crippen LogP contribution in [-0.2, 0) is 6.54 Å². The lowest BCUT2D eigenvalue weighted by Gasteiger charge is -2.08. The molecule has 4 rings (SSSR count). The Labute approximate surface area is 126 Å². The molecule has 0 atom stereocenters. The Bertz CT molecular complexity index is 992. The number of aromatic amines is 1. The third-order valence-corrected chi connectivity index (χ3v) is 4.11. The number of aromatic nitrogens is 3. The van der Waals surface area contributed by atoms with Crippen molar-refractivity contribution in [1.82, 2.24) is 14.5 Å². The van der Waals surface area contributed by atoms with E-state index in [1.54, 1.807) is 6.20 Å². The zero-order chi connectivity index (χ0) is 14.2. The van der Waals surface area contributed by atoms with Crippen LogP contribution in [0.1, 0.15) is 5.56 Å². The second-order valence-corrected chi connectivity index (χ2v) is 5.43. The molecule has 21 heavy (non-hydrogen) atoms. The summed E-state index contributed by atoms with van der Waals surface area (Å²) in [5.74, 6) is 0. The molecule has 0 bridgehead atoms. The van der Waals surface area contributed by atoms with Crippen molar-refractivity contribution in [3.8, 4) is 0 Å². The van der Waals surface area contributed by atoms with E-state index >= 15 is 0 Å². The van der Waals surface area contributed by atoms with Crippen molar-refractivity contribution in [2.45, 2.75) is 6.54 Å². The van der Waals surface area contributed by atoms with Crippen LogP contribution in [0.15, 0.2) is 60.9 Å². The first kappa shape index (κ1) is 12.3. The van der Waals surface area contributed by atoms with Crippen LogP contribution in [-0.4, -0.2) is 14.5 Å². The predicted octanol–water partition coefficient (Wildman–Crippen LogP) is 4.30. The summed E-state index contributed by atoms with van der Waals surface area (Å²) in [6, 6.07) is 16.8. The molecule has 2 heterocycles. The summed E-state index contributed by atoms with van der Waals surface area (Å²) in [6.07, 6.45) is 3.61. The molecule has 0 aliphatic rings. The number of nitrogens with one attached hydrogen (secondary N) is 1. The maximum absolute atomic E-state index is 5.45. The van der Waals surface area contributed by atoms with Crippen LogP contribution < -0.4 is 0 Å². The van der Waals surface area contributed by atoms with Gasteiger partial charge >= 0.3 is 0 Å². The Morgan fingerprint density at radius 2 is 1.90 bits per heavy atom. The van der Waals surface area contributed by atoms with Gasteiger partial charge in [-0.15, -0.1) is 0 Å². The Morgan fingerprint density at radius 3 is 2.86 bits per heavy atom. The molecule has 0 saturated carbocycles. The summed E-state index contributed by atoms with van der Waals surface area (Å²) >= 11 is 5.45. The third-order valence-electron chi connectivity index (χ3n) is 3.78. The highest BCUT2D eigenvalue weighted by Crippen LogP contribution is 2.21. The van der Waals surface area contributed by atoms with E-state index in [1.807, 2.05) is 12.3 Å². The standard InChI is InChI=1S/C17H13N3S/c21-17-19-15-10-18-9-8-16(15)20(17)11-13-6-3-5-12-4-1-2-7-14(12)13/h1-10H,11H2,(H,19,21). The van der Waals surface area contributed by atoms with Crippen molar-refractivity contribution in [3.63, 3.8) is 0 Å². The molecule has 0 spiro atoms. The lowest BCUT2D eigenvalue weighted by Crippen LogP contribution is -2.00. The minimum atomic E-state index is 0.728. The largest absolute Gasteiger partial charge is 0.329 e. The van der Waals surface area contributed by atoms with E-state index in [-0.39, 0.29) is 0 Å². The highest BCUT2D eigenvalue weighted by Gasteiger charge is 2.07. The molecule has 4 heteroatoms. The fourth-order valence-electron chi connectivity index (χ4n) is 2.77. The van der Waals surface area contributed by atoms with Gasteiger partial charge in [-0.05, 0) is 34.6 Å². The number of benzene rings is 2. The summed E-state index contributed by atoms with van der Waals surface area (Å²) in [4.78, 5) is 7.34. The molecule has 0 fully saturated rings. The fourth-order valence-corrected chi connectivity index (χ4v) is 3.04. The van der Waals surface area contributed by atoms with Gasteiger partial charge in [-0.1, -0.05) is 42.5 Å². The molecule has 0 amide bonds. The minimum Gasteiger partial charge on any atom is -0.329 e. The van der Waals surface area contributed by atoms with Crippen LogP contribution in [0, 0.1) is 4.77 Å². The molecule has 0 aliphatic carbocycles. The highest BCUT2D eigenvalue weighted by molar-refractivity contribution is 7.71. The number of imidazole rings is 1. The molecule has 2 aromatic heterocycles. The van der Waals surface area contributed by atoms with Gasteiger partial charge in [0.1, 0.15) is 0 Å². The minimum absolute atomic E-state index is 0.728. The van der Waals surface area contributed by atoms with Crippen molar-refractivity contribution in [1.29, 1.82) is 0 Å². The van der Waals surface area contributed by atoms with E-state index < -0.39 is 0 Å². The van der Waals surface area contributed by atoms with Gasteiger partial charge in [-0.3, -0.25) is 4.98 Å². The SMILES string of the molecule is S=c1[nH]c2cnccc2n1Cc1cccc2ccccc12. The molecule has 0 saturated heterocycles. The number of nitrogens with zero attached hydrogens (tertiary/aromatic N) is 2. The van der Waals surface area contributed by atoms with Crippen LogP contribution in [0.2, 0.25) is 0 Å². The van der Waals surface area contributed by atoms with Gasteiger partial charge in [0, 0.05) is 6.20 Å². The maximum Gasteiger partial charge on any atom is 0.178 e. The van der Waals surface area contributed by atoms with Crippen molar-refractivity contribution in [3.05, 3.63) is 71.3 Å². The Morgan fingerprint density at radius 1 is 1.05 bits per heavy atom. The number of hydrogen-bond donors (Lipinski definition) is 1. The topological polar surface area (TPSA) is 33.6 Å². The zero-order valence-electron chi connectivity index (χ0n) is 11.3. The Kier molecular flexibility index (Phi) is 2.82. The van der Waals surface area contributed by atoms with E-state index in [0.717, 1.165) is 22.3 Å². The average molecular weight is 291 g/mol. The van der Waals surface area contributed by atoms with Crippen molar-refractivity contribution >= 4 is 34.0 Å². The predicted molar refractivity (Wildman–Crippen MR) is 88.0 cm³/mol. The molecule has 1 N–H and O–H groups in total. The second kappa shape index (κ2) is 4.82. The van der Waals surface area contributed by atoms with E-state index in [1.165, 1.54) is 16.3 Å². The van der Waals surface area contributed by atoms with Gasteiger partial charge in [0.05, 0.1) is 23.8 Å². The van der Waals surface area contributed by atoms with Crippen LogP contribution >= 0.6 is 12.2 Å². The summed E-state index contributed by atoms with van der Waals surface area (Å²) in [5, 5.41) is 2.52. The third kappa shape index (κ3) is 2.04. The first-order chi connectivity index (χ1) is 10.3. The number of fused-ring (bicyclic) bond motifs is 2. The molecule has 102 valence electrons. The van der Waals surface area contributed by atoms with Crippen LogP contribution in [0.25, 0.3) is 21.8 Å². The van der Waals surface area contributed by atoms with Crippen LogP contribution in [0.3, 0.4) is 0 Å². The summed E-state index contributed by atoms with van der Waals surface area (Å²) in [5.41, 5.74) is 3.33. The normalized spacial score (nSPS) is 11.2. The first-order valence-corrected chi connectivity index (χ1v) is 7.23. The Balaban J connectivity index is 1.91. The van der Waals surface area contributed by atoms with Gasteiger partial charge in [0.25, 0.3) is 0 Å². The lowest BCUT2D eigenvalue weighted by molar-refractivity contribution is 0.816. The van der Waals surface area contributed by atoms with E-state index in [9.17, 15) is 0 Å². The highest BCUT2D eigenvalue weighted by atomic mass is 32.1. The molecule has 4 aromatic rings. The molecule has 0 aliphatic heterocycles. The second-order valence-electron chi connectivity index (χ2n) is 5.05. The number of rotatable bonds is 2. The molecule has 0 unspecified atom stereocenters. The number of H-pyrrole nitrogens is 1. The summed E-state index contributed by atoms with van der Waals surface area (Å²) in [7, 11) is 0. The van der Waals surface area contributed by atoms with Gasteiger partial charge < -0.3 is 9.55 Å². The smallest absolute Gasteiger partial charge is 0.178 e. The Hall–Kier alpha value is -2.46. The zero-order valence-corrected chi connectivity index (χ0v) is 12.1. The maximum atomic E-state index is 5.45. The van der Waals surface area contributed by atoms with E-state index in [4.69, 9.17) is 12.2 Å². The van der Waals surface area contributed by atoms with E-state index in [2.05, 4.69) is 57.0 Å². The van der Waals surface area contributed by atoms with Gasteiger partial charge in [-0.25, -0.2) is 0 Å². The van der Waals surface area contributed by atoms with Crippen LogP contribution in [0.5, 0.6) is 0 Å². The summed E-state index contributed by atoms with van der Waals surface area (Å²) < 4.78 is 2.85. The van der Waals surface area contributed by atoms with Crippen molar-refractivity contribution < 1.29 is 0 Å². The quantitative estimate of drug-likeness (QED) is 0.559. The van der Waals surface area contributed by atoms with E-state index in [0.29, 0.717) is 0 Å². The summed E-state index contributed by atoms with van der Waals surface area (Å²) in [6.45, 7) is 0.754. The molecule has 0 radical (unpaired) electrons. The average Bonchev–Trinajstić information content (AvgIpc) is 2.84.